The minimum absolute atomic E-state index is 0.458. The number of hydrogen-bond donors (Lipinski definition) is 2. The van der Waals surface area contributed by atoms with Crippen molar-refractivity contribution >= 4 is 0 Å². The molecule has 0 aliphatic carbocycles. The topological polar surface area (TPSA) is 40.5 Å². The Hall–Kier alpha value is -0.860. The van der Waals surface area contributed by atoms with Crippen LogP contribution < -0.4 is 0 Å². The highest BCUT2D eigenvalue weighted by Gasteiger charge is 2.28. The zero-order valence-electron chi connectivity index (χ0n) is 11.5. The fourth-order valence-electron chi connectivity index (χ4n) is 1.45. The summed E-state index contributed by atoms with van der Waals surface area (Å²) >= 11 is 0. The number of allylic oxidation sites excluding steroid dienone is 4. The molecule has 0 aromatic carbocycles. The van der Waals surface area contributed by atoms with Crippen LogP contribution in [0.15, 0.2) is 36.0 Å². The predicted octanol–water partition coefficient (Wildman–Crippen LogP) is 3.37. The van der Waals surface area contributed by atoms with Gasteiger partial charge in [0.1, 0.15) is 0 Å². The van der Waals surface area contributed by atoms with E-state index in [2.05, 4.69) is 12.7 Å². The molecule has 17 heavy (non-hydrogen) atoms. The molecular formula is C15H26O2. The molecule has 0 heterocycles. The van der Waals surface area contributed by atoms with E-state index in [-0.39, 0.29) is 0 Å². The van der Waals surface area contributed by atoms with Crippen molar-refractivity contribution < 1.29 is 10.2 Å². The van der Waals surface area contributed by atoms with Gasteiger partial charge in [0.15, 0.2) is 0 Å². The molecule has 2 heteroatoms. The molecule has 0 aliphatic heterocycles. The van der Waals surface area contributed by atoms with Gasteiger partial charge in [-0.15, -0.1) is 0 Å². The molecule has 0 saturated carbocycles. The quantitative estimate of drug-likeness (QED) is 0.527. The van der Waals surface area contributed by atoms with Crippen molar-refractivity contribution in [1.82, 2.24) is 0 Å². The number of aliphatic hydroxyl groups is 2. The van der Waals surface area contributed by atoms with Crippen molar-refractivity contribution in [3.05, 3.63) is 36.0 Å². The molecule has 0 aromatic rings. The minimum Gasteiger partial charge on any atom is -0.390 e. The summed E-state index contributed by atoms with van der Waals surface area (Å²) in [4.78, 5) is 0. The molecule has 2 nitrogen and oxygen atoms in total. The van der Waals surface area contributed by atoms with E-state index in [0.29, 0.717) is 12.8 Å². The van der Waals surface area contributed by atoms with Crippen LogP contribution in [-0.2, 0) is 0 Å². The predicted molar refractivity (Wildman–Crippen MR) is 73.9 cm³/mol. The second-order valence-corrected chi connectivity index (χ2v) is 5.08. The first kappa shape index (κ1) is 16.1. The van der Waals surface area contributed by atoms with Gasteiger partial charge in [-0.25, -0.2) is 0 Å². The second kappa shape index (κ2) is 7.46. The summed E-state index contributed by atoms with van der Waals surface area (Å²) in [5, 5.41) is 20.1. The maximum Gasteiger partial charge on any atom is 0.0883 e. The van der Waals surface area contributed by atoms with Gasteiger partial charge in [-0.05, 0) is 47.0 Å². The summed E-state index contributed by atoms with van der Waals surface area (Å²) in [6, 6.07) is 0. The first-order valence-corrected chi connectivity index (χ1v) is 6.12. The van der Waals surface area contributed by atoms with Crippen LogP contribution in [-0.4, -0.2) is 21.9 Å². The van der Waals surface area contributed by atoms with Crippen molar-refractivity contribution in [1.29, 1.82) is 0 Å². The van der Waals surface area contributed by atoms with Gasteiger partial charge in [0.2, 0.25) is 0 Å². The lowest BCUT2D eigenvalue weighted by atomic mass is 9.90. The lowest BCUT2D eigenvalue weighted by Crippen LogP contribution is -2.38. The Bertz CT molecular complexity index is 294. The fraction of sp³-hybridized carbons (Fsp3) is 0.600. The Morgan fingerprint density at radius 3 is 2.35 bits per heavy atom. The molecule has 98 valence electrons. The van der Waals surface area contributed by atoms with E-state index in [0.717, 1.165) is 12.0 Å². The van der Waals surface area contributed by atoms with Crippen molar-refractivity contribution in [3.63, 3.8) is 0 Å². The fourth-order valence-corrected chi connectivity index (χ4v) is 1.45. The van der Waals surface area contributed by atoms with Gasteiger partial charge >= 0.3 is 0 Å². The van der Waals surface area contributed by atoms with E-state index in [1.807, 2.05) is 26.8 Å². The van der Waals surface area contributed by atoms with Gasteiger partial charge in [0, 0.05) is 0 Å². The maximum atomic E-state index is 10.1. The highest BCUT2D eigenvalue weighted by Crippen LogP contribution is 2.21. The third-order valence-corrected chi connectivity index (χ3v) is 2.91. The van der Waals surface area contributed by atoms with Gasteiger partial charge in [0.25, 0.3) is 0 Å². The lowest BCUT2D eigenvalue weighted by molar-refractivity contribution is -0.0642. The summed E-state index contributed by atoms with van der Waals surface area (Å²) in [7, 11) is 0. The van der Waals surface area contributed by atoms with E-state index in [1.54, 1.807) is 13.0 Å². The number of hydrogen-bond acceptors (Lipinski definition) is 2. The summed E-state index contributed by atoms with van der Waals surface area (Å²) in [5.41, 5.74) is 1.21. The van der Waals surface area contributed by atoms with E-state index >= 15 is 0 Å². The van der Waals surface area contributed by atoms with Crippen molar-refractivity contribution in [2.75, 3.05) is 0 Å². The summed E-state index contributed by atoms with van der Waals surface area (Å²) < 4.78 is 0. The van der Waals surface area contributed by atoms with Crippen LogP contribution in [0.4, 0.5) is 0 Å². The largest absolute Gasteiger partial charge is 0.390 e. The summed E-state index contributed by atoms with van der Waals surface area (Å²) in [6.07, 6.45) is 6.79. The SMILES string of the molecule is C=C/C(C)=C/C[C@@H](O)[C@](C)(O)CCC=C(C)C. The highest BCUT2D eigenvalue weighted by atomic mass is 16.3. The monoisotopic (exact) mass is 238 g/mol. The second-order valence-electron chi connectivity index (χ2n) is 5.08. The van der Waals surface area contributed by atoms with E-state index in [9.17, 15) is 10.2 Å². The summed E-state index contributed by atoms with van der Waals surface area (Å²) in [6.45, 7) is 11.3. The van der Waals surface area contributed by atoms with Crippen molar-refractivity contribution in [2.24, 2.45) is 0 Å². The van der Waals surface area contributed by atoms with Gasteiger partial charge in [-0.1, -0.05) is 36.0 Å². The average molecular weight is 238 g/mol. The van der Waals surface area contributed by atoms with E-state index in [4.69, 9.17) is 0 Å². The smallest absolute Gasteiger partial charge is 0.0883 e. The molecule has 0 aromatic heterocycles. The average Bonchev–Trinajstić information content (AvgIpc) is 2.24. The highest BCUT2D eigenvalue weighted by molar-refractivity contribution is 5.13. The Kier molecular flexibility index (Phi) is 7.09. The molecule has 0 spiro atoms. The van der Waals surface area contributed by atoms with Crippen LogP contribution in [0.5, 0.6) is 0 Å². The van der Waals surface area contributed by atoms with Crippen LogP contribution >= 0.6 is 0 Å². The van der Waals surface area contributed by atoms with Crippen molar-refractivity contribution in [2.45, 2.75) is 58.7 Å². The van der Waals surface area contributed by atoms with E-state index in [1.165, 1.54) is 5.57 Å². The Balaban J connectivity index is 4.29. The zero-order valence-corrected chi connectivity index (χ0v) is 11.5. The van der Waals surface area contributed by atoms with Gasteiger partial charge in [-0.2, -0.15) is 0 Å². The first-order chi connectivity index (χ1) is 7.79. The van der Waals surface area contributed by atoms with Crippen LogP contribution in [0.2, 0.25) is 0 Å². The molecule has 2 N–H and O–H groups in total. The molecule has 0 unspecified atom stereocenters. The molecule has 0 rings (SSSR count). The van der Waals surface area contributed by atoms with E-state index < -0.39 is 11.7 Å². The molecule has 0 aliphatic rings. The zero-order chi connectivity index (χ0) is 13.5. The number of rotatable bonds is 7. The van der Waals surface area contributed by atoms with Gasteiger partial charge in [-0.3, -0.25) is 0 Å². The number of aliphatic hydroxyl groups excluding tert-OH is 1. The molecule has 0 saturated heterocycles. The van der Waals surface area contributed by atoms with Gasteiger partial charge in [0.05, 0.1) is 11.7 Å². The molecule has 0 radical (unpaired) electrons. The van der Waals surface area contributed by atoms with Crippen LogP contribution in [0.25, 0.3) is 0 Å². The lowest BCUT2D eigenvalue weighted by Gasteiger charge is -2.28. The molecule has 0 bridgehead atoms. The molecule has 0 fully saturated rings. The van der Waals surface area contributed by atoms with Gasteiger partial charge < -0.3 is 10.2 Å². The summed E-state index contributed by atoms with van der Waals surface area (Å²) in [5.74, 6) is 0. The molecule has 2 atom stereocenters. The third-order valence-electron chi connectivity index (χ3n) is 2.91. The van der Waals surface area contributed by atoms with Crippen molar-refractivity contribution in [3.8, 4) is 0 Å². The Morgan fingerprint density at radius 2 is 1.88 bits per heavy atom. The van der Waals surface area contributed by atoms with Crippen LogP contribution in [0.3, 0.4) is 0 Å². The Labute approximate surface area is 105 Å². The van der Waals surface area contributed by atoms with Crippen LogP contribution in [0.1, 0.15) is 47.0 Å². The van der Waals surface area contributed by atoms with Crippen LogP contribution in [0, 0.1) is 0 Å². The first-order valence-electron chi connectivity index (χ1n) is 6.12. The molecular weight excluding hydrogens is 212 g/mol. The molecule has 0 amide bonds. The standard InChI is InChI=1S/C15H26O2/c1-6-13(4)9-10-14(16)15(5,17)11-7-8-12(2)3/h6,8-9,14,16-17H,1,7,10-11H2,2-5H3/b13-9+/t14-,15-/m1/s1. The normalized spacial score (nSPS) is 17.2. The minimum atomic E-state index is -1.04. The Morgan fingerprint density at radius 1 is 1.29 bits per heavy atom. The maximum absolute atomic E-state index is 10.1. The third kappa shape index (κ3) is 7.14.